The fourth-order valence-corrected chi connectivity index (χ4v) is 4.28. The van der Waals surface area contributed by atoms with Crippen molar-refractivity contribution in [2.45, 2.75) is 30.5 Å². The second-order valence-electron chi connectivity index (χ2n) is 7.79. The van der Waals surface area contributed by atoms with Crippen LogP contribution in [0.3, 0.4) is 0 Å². The highest BCUT2D eigenvalue weighted by atomic mass is 32.2. The van der Waals surface area contributed by atoms with Gasteiger partial charge in [-0.1, -0.05) is 12.1 Å². The fraction of sp³-hybridized carbons (Fsp3) is 0.200. The number of amides is 1. The molecular weight excluding hydrogens is 483 g/mol. The van der Waals surface area contributed by atoms with Crippen molar-refractivity contribution in [3.63, 3.8) is 0 Å². The summed E-state index contributed by atoms with van der Waals surface area (Å²) in [6.07, 6.45) is 0. The van der Waals surface area contributed by atoms with E-state index in [1.54, 1.807) is 37.3 Å². The Morgan fingerprint density at radius 2 is 1.80 bits per heavy atom. The Balaban J connectivity index is 1.46. The van der Waals surface area contributed by atoms with Gasteiger partial charge in [-0.25, -0.2) is 4.79 Å². The number of carbonyl (C=O) groups excluding carboxylic acids is 1. The number of hydrogen-bond donors (Lipinski definition) is 1. The van der Waals surface area contributed by atoms with Gasteiger partial charge in [-0.2, -0.15) is 13.2 Å². The number of carboxylic acids is 1. The van der Waals surface area contributed by atoms with Crippen LogP contribution in [-0.2, 0) is 17.9 Å². The number of halogens is 3. The van der Waals surface area contributed by atoms with Crippen LogP contribution in [0.2, 0.25) is 0 Å². The minimum absolute atomic E-state index is 0.0455. The van der Waals surface area contributed by atoms with E-state index in [0.717, 1.165) is 11.1 Å². The van der Waals surface area contributed by atoms with E-state index in [1.807, 2.05) is 6.07 Å². The number of aryl methyl sites for hydroxylation is 1. The van der Waals surface area contributed by atoms with E-state index in [2.05, 4.69) is 0 Å². The van der Waals surface area contributed by atoms with Crippen LogP contribution in [0.5, 0.6) is 11.5 Å². The van der Waals surface area contributed by atoms with E-state index in [9.17, 15) is 22.8 Å². The maximum absolute atomic E-state index is 13.0. The largest absolute Gasteiger partial charge is 0.489 e. The first-order valence-corrected chi connectivity index (χ1v) is 11.3. The summed E-state index contributed by atoms with van der Waals surface area (Å²) in [7, 11) is 0. The number of thioether (sulfide) groups is 1. The molecule has 0 atom stereocenters. The van der Waals surface area contributed by atoms with Crippen molar-refractivity contribution in [3.8, 4) is 11.5 Å². The predicted octanol–water partition coefficient (Wildman–Crippen LogP) is 5.81. The Labute approximate surface area is 203 Å². The maximum Gasteiger partial charge on any atom is 0.446 e. The monoisotopic (exact) mass is 503 g/mol. The highest BCUT2D eigenvalue weighted by Gasteiger charge is 2.32. The summed E-state index contributed by atoms with van der Waals surface area (Å²) in [5, 5.41) is 8.76. The van der Waals surface area contributed by atoms with Crippen LogP contribution in [0.25, 0.3) is 0 Å². The zero-order chi connectivity index (χ0) is 25.2. The number of fused-ring (bicyclic) bond motifs is 1. The van der Waals surface area contributed by atoms with Crippen molar-refractivity contribution in [1.82, 2.24) is 0 Å². The van der Waals surface area contributed by atoms with E-state index < -0.39 is 18.1 Å². The molecule has 1 amide bonds. The quantitative estimate of drug-likeness (QED) is 0.391. The van der Waals surface area contributed by atoms with E-state index in [4.69, 9.17) is 14.6 Å². The molecule has 0 saturated heterocycles. The van der Waals surface area contributed by atoms with Crippen LogP contribution in [0.4, 0.5) is 18.9 Å². The number of aliphatic carboxylic acids is 1. The second kappa shape index (κ2) is 9.91. The van der Waals surface area contributed by atoms with E-state index in [-0.39, 0.29) is 35.7 Å². The van der Waals surface area contributed by atoms with Crippen LogP contribution in [-0.4, -0.2) is 29.1 Å². The summed E-state index contributed by atoms with van der Waals surface area (Å²) in [5.74, 6) is -0.309. The first-order chi connectivity index (χ1) is 16.6. The molecule has 182 valence electrons. The van der Waals surface area contributed by atoms with Gasteiger partial charge in [0, 0.05) is 21.7 Å². The molecule has 0 radical (unpaired) electrons. The number of hydrogen-bond acceptors (Lipinski definition) is 5. The van der Waals surface area contributed by atoms with Crippen molar-refractivity contribution >= 4 is 29.3 Å². The number of anilines is 1. The minimum Gasteiger partial charge on any atom is -0.489 e. The third kappa shape index (κ3) is 5.89. The van der Waals surface area contributed by atoms with E-state index in [1.165, 1.54) is 29.2 Å². The van der Waals surface area contributed by atoms with Crippen molar-refractivity contribution in [3.05, 3.63) is 82.9 Å². The van der Waals surface area contributed by atoms with Crippen molar-refractivity contribution in [2.24, 2.45) is 0 Å². The lowest BCUT2D eigenvalue weighted by Gasteiger charge is -2.16. The number of ether oxygens (including phenoxy) is 2. The van der Waals surface area contributed by atoms with Crippen LogP contribution in [0.1, 0.15) is 27.0 Å². The molecule has 4 rings (SSSR count). The standard InChI is InChI=1S/C25H20F3NO5S/c1-15-11-16(5-10-21(15)34-14-23(30)31)13-33-22-4-2-3-19-20(22)12-29(24(19)32)17-6-8-18(9-7-17)35-25(26,27)28/h2-11H,12-14H2,1H3,(H,30,31). The van der Waals surface area contributed by atoms with Gasteiger partial charge in [0.05, 0.1) is 6.54 Å². The SMILES string of the molecule is Cc1cc(COc2cccc3c2CN(c2ccc(SC(F)(F)F)cc2)C3=O)ccc1OCC(=O)O. The summed E-state index contributed by atoms with van der Waals surface area (Å²) in [6.45, 7) is 1.82. The molecule has 3 aromatic rings. The first kappa shape index (κ1) is 24.5. The lowest BCUT2D eigenvalue weighted by Crippen LogP contribution is -2.22. The van der Waals surface area contributed by atoms with Crippen molar-refractivity contribution in [1.29, 1.82) is 0 Å². The molecule has 0 unspecified atom stereocenters. The van der Waals surface area contributed by atoms with Crippen LogP contribution in [0, 0.1) is 6.92 Å². The Morgan fingerprint density at radius 3 is 2.46 bits per heavy atom. The molecule has 6 nitrogen and oxygen atoms in total. The Bertz CT molecular complexity index is 1260. The first-order valence-electron chi connectivity index (χ1n) is 10.5. The van der Waals surface area contributed by atoms with Gasteiger partial charge >= 0.3 is 11.5 Å². The van der Waals surface area contributed by atoms with Crippen LogP contribution in [0.15, 0.2) is 65.6 Å². The number of benzene rings is 3. The molecule has 0 aliphatic carbocycles. The molecule has 1 heterocycles. The van der Waals surface area contributed by atoms with Gasteiger partial charge < -0.3 is 19.5 Å². The molecule has 1 aliphatic heterocycles. The van der Waals surface area contributed by atoms with E-state index >= 15 is 0 Å². The van der Waals surface area contributed by atoms with Gasteiger partial charge in [-0.3, -0.25) is 4.79 Å². The molecular formula is C25H20F3NO5S. The zero-order valence-electron chi connectivity index (χ0n) is 18.5. The molecule has 3 aromatic carbocycles. The van der Waals surface area contributed by atoms with E-state index in [0.29, 0.717) is 28.3 Å². The Hall–Kier alpha value is -3.66. The number of rotatable bonds is 8. The van der Waals surface area contributed by atoms with Crippen molar-refractivity contribution in [2.75, 3.05) is 11.5 Å². The van der Waals surface area contributed by atoms with Gasteiger partial charge in [0.15, 0.2) is 6.61 Å². The van der Waals surface area contributed by atoms with Gasteiger partial charge in [-0.15, -0.1) is 0 Å². The molecule has 1 aliphatic rings. The zero-order valence-corrected chi connectivity index (χ0v) is 19.3. The number of carboxylic acid groups (broad SMARTS) is 1. The van der Waals surface area contributed by atoms with Gasteiger partial charge in [-0.05, 0) is 78.3 Å². The average Bonchev–Trinajstić information content (AvgIpc) is 3.13. The number of carbonyl (C=O) groups is 2. The molecule has 0 spiro atoms. The maximum atomic E-state index is 13.0. The summed E-state index contributed by atoms with van der Waals surface area (Å²) >= 11 is -0.205. The topological polar surface area (TPSA) is 76.1 Å². The van der Waals surface area contributed by atoms with Gasteiger partial charge in [0.1, 0.15) is 18.1 Å². The summed E-state index contributed by atoms with van der Waals surface area (Å²) < 4.78 is 49.0. The van der Waals surface area contributed by atoms with Crippen LogP contribution < -0.4 is 14.4 Å². The predicted molar refractivity (Wildman–Crippen MR) is 124 cm³/mol. The van der Waals surface area contributed by atoms with Gasteiger partial charge in [0.2, 0.25) is 0 Å². The minimum atomic E-state index is -4.38. The van der Waals surface area contributed by atoms with Crippen molar-refractivity contribution < 1.29 is 37.3 Å². The highest BCUT2D eigenvalue weighted by molar-refractivity contribution is 8.00. The third-order valence-corrected chi connectivity index (χ3v) is 6.03. The lowest BCUT2D eigenvalue weighted by atomic mass is 10.1. The highest BCUT2D eigenvalue weighted by Crippen LogP contribution is 2.39. The second-order valence-corrected chi connectivity index (χ2v) is 8.92. The molecule has 35 heavy (non-hydrogen) atoms. The fourth-order valence-electron chi connectivity index (χ4n) is 3.74. The molecule has 10 heteroatoms. The molecule has 0 fully saturated rings. The number of alkyl halides is 3. The molecule has 0 bridgehead atoms. The van der Waals surface area contributed by atoms with Crippen LogP contribution >= 0.6 is 11.8 Å². The summed E-state index contributed by atoms with van der Waals surface area (Å²) in [4.78, 5) is 25.2. The Morgan fingerprint density at radius 1 is 1.06 bits per heavy atom. The number of nitrogens with zero attached hydrogens (tertiary/aromatic N) is 1. The summed E-state index contributed by atoms with van der Waals surface area (Å²) in [6, 6.07) is 16.1. The lowest BCUT2D eigenvalue weighted by molar-refractivity contribution is -0.139. The third-order valence-electron chi connectivity index (χ3n) is 5.29. The normalized spacial score (nSPS) is 13.0. The smallest absolute Gasteiger partial charge is 0.446 e. The van der Waals surface area contributed by atoms with Gasteiger partial charge in [0.25, 0.3) is 5.91 Å². The molecule has 1 N–H and O–H groups in total. The average molecular weight is 503 g/mol. The summed E-state index contributed by atoms with van der Waals surface area (Å²) in [5.41, 5.74) is -1.11. The molecule has 0 saturated carbocycles. The molecule has 0 aromatic heterocycles. The Kier molecular flexibility index (Phi) is 6.93.